The largest absolute Gasteiger partial charge is 0.480 e. The van der Waals surface area contributed by atoms with Crippen LogP contribution < -0.4 is 42.1 Å². The first-order valence-corrected chi connectivity index (χ1v) is 34.3. The summed E-state index contributed by atoms with van der Waals surface area (Å²) in [4.78, 5) is 92.1. The molecule has 2 heterocycles. The molecule has 0 saturated heterocycles. The summed E-state index contributed by atoms with van der Waals surface area (Å²) in [6.45, 7) is 23.4. The van der Waals surface area contributed by atoms with Crippen LogP contribution in [0, 0.1) is 0 Å². The zero-order chi connectivity index (χ0) is 74.6. The Kier molecular flexibility index (Phi) is 53.2. The van der Waals surface area contributed by atoms with Crippen molar-refractivity contribution in [1.82, 2.24) is 42.1 Å². The number of hydrazine groups is 2. The standard InChI is InChI=1S/C66H114N10O26/c1-65(2,3)75(73-63(83)84)56-12-10-53(51-70-56)60(79)68-17-21-89-25-29-93-33-37-97-41-45-101-49-47-99-43-39-95-35-31-91-27-23-87-19-14-58(77)67-16-8-7-9-55(62(81)82)72-59(78)15-20-88-24-28-92-32-36-96-40-44-100-48-50-102-46-42-98-38-34-94-30-26-90-22-18-69-61(80)54-11-13-57(71-52-54)76(66(4,5)6)74-64(85)86/h10-13,51-52,55,73-74H,7-9,14-50H2,1-6H3,(H,67,77)(H,68,79)(H,69,80)(H,72,78)(H,81,82)(H,83,84)(H,85,86)/t55-/m0/s1. The van der Waals surface area contributed by atoms with E-state index in [2.05, 4.69) is 42.1 Å². The number of aliphatic carboxylic acids is 1. The van der Waals surface area contributed by atoms with Gasteiger partial charge in [0.25, 0.3) is 11.8 Å². The molecule has 0 saturated carbocycles. The zero-order valence-electron chi connectivity index (χ0n) is 60.3. The number of amides is 6. The second kappa shape index (κ2) is 59.5. The molecule has 0 bridgehead atoms. The highest BCUT2D eigenvalue weighted by molar-refractivity contribution is 5.94. The molecule has 102 heavy (non-hydrogen) atoms. The monoisotopic (exact) mass is 1460 g/mol. The molecule has 0 unspecified atom stereocenters. The molecule has 0 aliphatic carbocycles. The van der Waals surface area contributed by atoms with Crippen molar-refractivity contribution in [2.45, 2.75) is 90.8 Å². The summed E-state index contributed by atoms with van der Waals surface area (Å²) in [5.74, 6) is -1.72. The molecule has 36 heteroatoms. The van der Waals surface area contributed by atoms with E-state index in [0.717, 1.165) is 0 Å². The number of unbranched alkanes of at least 4 members (excludes halogenated alkanes) is 1. The van der Waals surface area contributed by atoms with E-state index in [1.54, 1.807) is 24.3 Å². The van der Waals surface area contributed by atoms with Crippen molar-refractivity contribution >= 4 is 53.4 Å². The molecule has 0 spiro atoms. The highest BCUT2D eigenvalue weighted by atomic mass is 16.6. The summed E-state index contributed by atoms with van der Waals surface area (Å²) in [5.41, 5.74) is 4.13. The van der Waals surface area contributed by atoms with Gasteiger partial charge < -0.3 is 112 Å². The quantitative estimate of drug-likeness (QED) is 0.0338. The number of nitrogens with one attached hydrogen (secondary N) is 6. The summed E-state index contributed by atoms with van der Waals surface area (Å²) in [6, 6.07) is 5.22. The second-order valence-electron chi connectivity index (χ2n) is 23.8. The summed E-state index contributed by atoms with van der Waals surface area (Å²) < 4.78 is 87.9. The van der Waals surface area contributed by atoms with Crippen molar-refractivity contribution in [2.75, 3.05) is 241 Å². The number of carboxylic acid groups (broad SMARTS) is 3. The fourth-order valence-electron chi connectivity index (χ4n) is 8.24. The second-order valence-corrected chi connectivity index (χ2v) is 23.8. The minimum Gasteiger partial charge on any atom is -0.480 e. The lowest BCUT2D eigenvalue weighted by Crippen LogP contribution is -2.53. The Morgan fingerprint density at radius 3 is 0.892 bits per heavy atom. The topological polar surface area (TPSA) is 432 Å². The van der Waals surface area contributed by atoms with Crippen LogP contribution in [-0.4, -0.2) is 315 Å². The number of carbonyl (C=O) groups is 7. The maximum atomic E-state index is 12.5. The normalized spacial score (nSPS) is 11.8. The van der Waals surface area contributed by atoms with Crippen molar-refractivity contribution in [1.29, 1.82) is 0 Å². The lowest BCUT2D eigenvalue weighted by atomic mass is 10.1. The van der Waals surface area contributed by atoms with Gasteiger partial charge in [0.05, 0.1) is 234 Å². The first kappa shape index (κ1) is 91.2. The van der Waals surface area contributed by atoms with E-state index in [1.165, 1.54) is 22.4 Å². The van der Waals surface area contributed by atoms with Crippen LogP contribution in [0.25, 0.3) is 0 Å². The van der Waals surface area contributed by atoms with Crippen LogP contribution in [0.5, 0.6) is 0 Å². The van der Waals surface area contributed by atoms with Gasteiger partial charge in [-0.05, 0) is 85.1 Å². The number of ether oxygens (including phenoxy) is 16. The number of anilines is 2. The summed E-state index contributed by atoms with van der Waals surface area (Å²) in [6.07, 6.45) is 1.68. The zero-order valence-corrected chi connectivity index (χ0v) is 60.3. The van der Waals surface area contributed by atoms with Crippen molar-refractivity contribution in [2.24, 2.45) is 0 Å². The van der Waals surface area contributed by atoms with Gasteiger partial charge >= 0.3 is 18.2 Å². The molecule has 1 atom stereocenters. The lowest BCUT2D eigenvalue weighted by molar-refractivity contribution is -0.142. The van der Waals surface area contributed by atoms with Gasteiger partial charge in [-0.2, -0.15) is 0 Å². The van der Waals surface area contributed by atoms with Crippen LogP contribution in [0.4, 0.5) is 21.2 Å². The van der Waals surface area contributed by atoms with Crippen molar-refractivity contribution in [3.63, 3.8) is 0 Å². The van der Waals surface area contributed by atoms with E-state index >= 15 is 0 Å². The Bertz CT molecular complexity index is 2510. The van der Waals surface area contributed by atoms with Crippen LogP contribution in [-0.2, 0) is 90.2 Å². The Morgan fingerprint density at radius 1 is 0.363 bits per heavy atom. The van der Waals surface area contributed by atoms with E-state index in [-0.39, 0.29) is 69.9 Å². The molecule has 0 fully saturated rings. The molecule has 6 amide bonds. The van der Waals surface area contributed by atoms with Gasteiger partial charge in [-0.15, -0.1) is 0 Å². The Hall–Kier alpha value is -6.85. The van der Waals surface area contributed by atoms with Crippen molar-refractivity contribution in [3.05, 3.63) is 47.8 Å². The SMILES string of the molecule is CC(C)(C)N(NC(=O)O)c1ccc(C(=O)NCCOCCOCCOCCOCCOCCOCCOCCOCCC(=O)NCCCC[C@H](NC(=O)CCOCCOCCOCCOCCOCCOCCOCCOCCNC(=O)c2ccc(N(NC(=O)O)C(C)(C)C)nc2)C(=O)O)cn1. The average molecular weight is 1460 g/mol. The van der Waals surface area contributed by atoms with Crippen LogP contribution in [0.3, 0.4) is 0 Å². The van der Waals surface area contributed by atoms with Gasteiger partial charge in [-0.25, -0.2) is 35.2 Å². The number of pyridine rings is 2. The first-order valence-electron chi connectivity index (χ1n) is 34.3. The average Bonchev–Trinajstić information content (AvgIpc) is 0.846. The predicted octanol–water partition coefficient (Wildman–Crippen LogP) is 2.11. The van der Waals surface area contributed by atoms with Crippen molar-refractivity contribution < 1.29 is 125 Å². The Morgan fingerprint density at radius 2 is 0.637 bits per heavy atom. The third-order valence-corrected chi connectivity index (χ3v) is 13.3. The van der Waals surface area contributed by atoms with E-state index in [4.69, 9.17) is 86.0 Å². The van der Waals surface area contributed by atoms with Gasteiger partial charge in [0.1, 0.15) is 17.7 Å². The molecule has 0 aliphatic heterocycles. The molecule has 2 aromatic rings. The number of aromatic nitrogens is 2. The molecule has 2 aromatic heterocycles. The molecular weight excluding hydrogens is 1350 g/mol. The molecular formula is C66H114N10O26. The predicted molar refractivity (Wildman–Crippen MR) is 369 cm³/mol. The number of hydrogen-bond acceptors (Lipinski definition) is 27. The summed E-state index contributed by atoms with van der Waals surface area (Å²) in [5, 5.41) is 41.5. The van der Waals surface area contributed by atoms with Crippen LogP contribution in [0.2, 0.25) is 0 Å². The number of hydrogen-bond donors (Lipinski definition) is 9. The highest BCUT2D eigenvalue weighted by Gasteiger charge is 2.27. The first-order chi connectivity index (χ1) is 49.2. The van der Waals surface area contributed by atoms with Crippen LogP contribution in [0.15, 0.2) is 36.7 Å². The molecule has 584 valence electrons. The van der Waals surface area contributed by atoms with E-state index in [9.17, 15) is 38.7 Å². The third kappa shape index (κ3) is 50.5. The minimum atomic E-state index is -1.22. The smallest absolute Gasteiger partial charge is 0.423 e. The van der Waals surface area contributed by atoms with Gasteiger partial charge in [0.2, 0.25) is 11.8 Å². The molecule has 0 aromatic carbocycles. The molecule has 9 N–H and O–H groups in total. The fourth-order valence-corrected chi connectivity index (χ4v) is 8.24. The number of carbonyl (C=O) groups excluding carboxylic acids is 4. The van der Waals surface area contributed by atoms with E-state index < -0.39 is 41.2 Å². The lowest BCUT2D eigenvalue weighted by Gasteiger charge is -2.35. The Labute approximate surface area is 597 Å². The van der Waals surface area contributed by atoms with Gasteiger partial charge in [0, 0.05) is 44.9 Å². The highest BCUT2D eigenvalue weighted by Crippen LogP contribution is 2.21. The number of carboxylic acids is 1. The maximum Gasteiger partial charge on any atom is 0.423 e. The van der Waals surface area contributed by atoms with Gasteiger partial charge in [-0.3, -0.25) is 29.2 Å². The third-order valence-electron chi connectivity index (χ3n) is 13.3. The maximum absolute atomic E-state index is 12.5. The van der Waals surface area contributed by atoms with E-state index in [1.807, 2.05) is 41.5 Å². The molecule has 36 nitrogen and oxygen atoms in total. The number of rotatable bonds is 67. The van der Waals surface area contributed by atoms with Crippen LogP contribution >= 0.6 is 0 Å². The number of nitrogens with zero attached hydrogens (tertiary/aromatic N) is 4. The summed E-state index contributed by atoms with van der Waals surface area (Å²) >= 11 is 0. The van der Waals surface area contributed by atoms with Crippen molar-refractivity contribution in [3.8, 4) is 0 Å². The van der Waals surface area contributed by atoms with Gasteiger partial charge in [0.15, 0.2) is 0 Å². The fraction of sp³-hybridized carbons (Fsp3) is 0.742. The molecule has 0 aliphatic rings. The van der Waals surface area contributed by atoms with Crippen LogP contribution in [0.1, 0.15) is 94.4 Å². The van der Waals surface area contributed by atoms with Gasteiger partial charge in [-0.1, -0.05) is 0 Å². The molecule has 2 rings (SSSR count). The minimum absolute atomic E-state index is 0.0102. The van der Waals surface area contributed by atoms with E-state index in [0.29, 0.717) is 234 Å². The molecule has 0 radical (unpaired) electrons. The summed E-state index contributed by atoms with van der Waals surface area (Å²) in [7, 11) is 0. The Balaban J connectivity index is 1.24.